The number of aromatic hydroxyl groups is 1. The van der Waals surface area contributed by atoms with Gasteiger partial charge in [-0.25, -0.2) is 4.39 Å². The molecule has 3 aliphatic rings. The molecule has 0 bridgehead atoms. The van der Waals surface area contributed by atoms with E-state index in [0.717, 1.165) is 31.3 Å². The first-order valence-electron chi connectivity index (χ1n) is 13.8. The Hall–Kier alpha value is -3.00. The molecule has 1 aromatic carbocycles. The molecular formula is C30H38FNO6. The van der Waals surface area contributed by atoms with Gasteiger partial charge in [-0.05, 0) is 68.2 Å². The molecule has 4 rings (SSSR count). The number of imide groups is 1. The van der Waals surface area contributed by atoms with Crippen LogP contribution >= 0.6 is 0 Å². The van der Waals surface area contributed by atoms with Crippen LogP contribution in [0.1, 0.15) is 77.2 Å². The molecule has 2 amide bonds. The Labute approximate surface area is 223 Å². The number of amides is 2. The molecule has 0 spiro atoms. The highest BCUT2D eigenvalue weighted by atomic mass is 19.1. The first-order valence-corrected chi connectivity index (χ1v) is 13.8. The molecule has 4 atom stereocenters. The smallest absolute Gasteiger partial charge is 0.303 e. The number of rotatable bonds is 12. The van der Waals surface area contributed by atoms with E-state index in [1.54, 1.807) is 6.07 Å². The van der Waals surface area contributed by atoms with Crippen LogP contribution in [0.4, 0.5) is 4.39 Å². The molecular weight excluding hydrogens is 489 g/mol. The molecule has 0 aromatic heterocycles. The van der Waals surface area contributed by atoms with Crippen molar-refractivity contribution < 1.29 is 33.7 Å². The van der Waals surface area contributed by atoms with Crippen molar-refractivity contribution in [3.8, 4) is 5.75 Å². The zero-order valence-corrected chi connectivity index (χ0v) is 22.2. The van der Waals surface area contributed by atoms with E-state index in [2.05, 4.69) is 13.8 Å². The largest absolute Gasteiger partial charge is 0.505 e. The van der Waals surface area contributed by atoms with Crippen LogP contribution in [0, 0.1) is 23.6 Å². The number of halogens is 1. The van der Waals surface area contributed by atoms with Gasteiger partial charge >= 0.3 is 5.97 Å². The van der Waals surface area contributed by atoms with Crippen LogP contribution in [0.3, 0.4) is 0 Å². The highest BCUT2D eigenvalue weighted by Crippen LogP contribution is 2.50. The fourth-order valence-corrected chi connectivity index (χ4v) is 6.34. The summed E-state index contributed by atoms with van der Waals surface area (Å²) in [6.07, 6.45) is 7.50. The molecule has 2 fully saturated rings. The van der Waals surface area contributed by atoms with Gasteiger partial charge in [0.2, 0.25) is 11.8 Å². The van der Waals surface area contributed by atoms with E-state index in [9.17, 15) is 23.9 Å². The molecule has 1 aromatic rings. The van der Waals surface area contributed by atoms with Crippen LogP contribution in [0.2, 0.25) is 0 Å². The number of phenolic OH excluding ortho intramolecular Hbond substituents is 1. The topological polar surface area (TPSA) is 104 Å². The monoisotopic (exact) mass is 527 g/mol. The molecule has 2 aliphatic heterocycles. The van der Waals surface area contributed by atoms with Crippen molar-refractivity contribution in [3.63, 3.8) is 0 Å². The lowest BCUT2D eigenvalue weighted by atomic mass is 9.69. The second kappa shape index (κ2) is 12.2. The van der Waals surface area contributed by atoms with Gasteiger partial charge in [-0.2, -0.15) is 0 Å². The van der Waals surface area contributed by atoms with Gasteiger partial charge in [0.1, 0.15) is 0 Å². The van der Waals surface area contributed by atoms with E-state index in [-0.39, 0.29) is 47.8 Å². The Morgan fingerprint density at radius 3 is 2.61 bits per heavy atom. The third-order valence-electron chi connectivity index (χ3n) is 8.32. The molecule has 8 heteroatoms. The van der Waals surface area contributed by atoms with Crippen molar-refractivity contribution >= 4 is 23.9 Å². The lowest BCUT2D eigenvalue weighted by Gasteiger charge is -2.31. The summed E-state index contributed by atoms with van der Waals surface area (Å²) in [5, 5.41) is 18.3. The Kier molecular flexibility index (Phi) is 9.03. The van der Waals surface area contributed by atoms with Crippen molar-refractivity contribution in [2.24, 2.45) is 17.8 Å². The Morgan fingerprint density at radius 1 is 1.13 bits per heavy atom. The van der Waals surface area contributed by atoms with E-state index < -0.39 is 11.8 Å². The van der Waals surface area contributed by atoms with Crippen molar-refractivity contribution in [2.75, 3.05) is 13.2 Å². The van der Waals surface area contributed by atoms with Gasteiger partial charge < -0.3 is 14.9 Å². The van der Waals surface area contributed by atoms with Crippen LogP contribution in [0.25, 0.3) is 6.08 Å². The maximum absolute atomic E-state index is 13.8. The first kappa shape index (κ1) is 28.0. The number of carboxylic acids is 1. The minimum Gasteiger partial charge on any atom is -0.505 e. The second-order valence-electron chi connectivity index (χ2n) is 10.6. The van der Waals surface area contributed by atoms with E-state index >= 15 is 0 Å². The van der Waals surface area contributed by atoms with E-state index in [0.29, 0.717) is 44.4 Å². The minimum absolute atomic E-state index is 0.0811. The van der Waals surface area contributed by atoms with Gasteiger partial charge in [-0.1, -0.05) is 43.6 Å². The molecule has 2 saturated heterocycles. The van der Waals surface area contributed by atoms with Gasteiger partial charge in [0, 0.05) is 18.9 Å². The third kappa shape index (κ3) is 5.85. The lowest BCUT2D eigenvalue weighted by Crippen LogP contribution is -2.34. The van der Waals surface area contributed by atoms with Gasteiger partial charge in [-0.15, -0.1) is 0 Å². The van der Waals surface area contributed by atoms with Crippen molar-refractivity contribution in [2.45, 2.75) is 77.7 Å². The highest BCUT2D eigenvalue weighted by molar-refractivity contribution is 6.05. The quantitative estimate of drug-likeness (QED) is 0.212. The van der Waals surface area contributed by atoms with Crippen LogP contribution in [0.15, 0.2) is 34.9 Å². The van der Waals surface area contributed by atoms with Gasteiger partial charge in [-0.3, -0.25) is 19.3 Å². The fraction of sp³-hybridized carbons (Fsp3) is 0.567. The summed E-state index contributed by atoms with van der Waals surface area (Å²) >= 11 is 0. The number of allylic oxidation sites excluding steroid dienone is 2. The fourth-order valence-electron chi connectivity index (χ4n) is 6.34. The van der Waals surface area contributed by atoms with Gasteiger partial charge in [0.15, 0.2) is 11.6 Å². The Morgan fingerprint density at radius 2 is 1.92 bits per heavy atom. The summed E-state index contributed by atoms with van der Waals surface area (Å²) in [5.41, 5.74) is 4.28. The second-order valence-corrected chi connectivity index (χ2v) is 10.6. The number of fused-ring (bicyclic) bond motifs is 3. The number of nitrogens with zero attached hydrogens (tertiary/aromatic N) is 1. The number of likely N-dealkylation sites (tertiary alicyclic amines) is 1. The predicted octanol–water partition coefficient (Wildman–Crippen LogP) is 5.48. The molecule has 1 aliphatic carbocycles. The summed E-state index contributed by atoms with van der Waals surface area (Å²) in [5.74, 6) is -2.83. The number of ether oxygens (including phenoxy) is 1. The highest BCUT2D eigenvalue weighted by Gasteiger charge is 2.56. The molecule has 7 nitrogen and oxygen atoms in total. The number of unbranched alkanes of at least 4 members (excludes halogenated alkanes) is 2. The molecule has 2 heterocycles. The van der Waals surface area contributed by atoms with Gasteiger partial charge in [0.05, 0.1) is 24.5 Å². The number of hydrogen-bond donors (Lipinski definition) is 2. The van der Waals surface area contributed by atoms with Crippen LogP contribution < -0.4 is 0 Å². The van der Waals surface area contributed by atoms with Gasteiger partial charge in [0.25, 0.3) is 0 Å². The minimum atomic E-state index is -0.832. The van der Waals surface area contributed by atoms with E-state index in [1.165, 1.54) is 28.2 Å². The predicted molar refractivity (Wildman–Crippen MR) is 141 cm³/mol. The SMILES string of the molecule is CCC1=C2[C@@H](CC/C(=C/c3ccc(O)c(F)c3)CC)OC[C@@H]2[C@@H]2C(=O)N(CCCCCC(=O)O)C(=O)[C@@H]2C1. The number of phenols is 1. The number of carbonyl (C=O) groups is 3. The Balaban J connectivity index is 1.43. The normalized spacial score (nSPS) is 25.2. The van der Waals surface area contributed by atoms with Crippen molar-refractivity contribution in [1.29, 1.82) is 0 Å². The number of benzene rings is 1. The molecule has 2 N–H and O–H groups in total. The summed E-state index contributed by atoms with van der Waals surface area (Å²) < 4.78 is 20.0. The standard InChI is InChI=1S/C30H38FNO6/c1-3-18(14-19-9-11-24(33)23(31)15-19)10-12-25-27-20(4-2)16-21-28(22(27)17-38-25)30(37)32(29(21)36)13-7-5-6-8-26(34)35/h9,11,14-15,21-22,25,28,33H,3-8,10,12-13,16-17H2,1-2H3,(H,34,35)/b18-14+/t21-,22+,25-,28-/m1/s1. The van der Waals surface area contributed by atoms with E-state index in [1.807, 2.05) is 6.08 Å². The van der Waals surface area contributed by atoms with E-state index in [4.69, 9.17) is 9.84 Å². The summed E-state index contributed by atoms with van der Waals surface area (Å²) in [6, 6.07) is 4.37. The summed E-state index contributed by atoms with van der Waals surface area (Å²) in [6.45, 7) is 4.93. The summed E-state index contributed by atoms with van der Waals surface area (Å²) in [7, 11) is 0. The third-order valence-corrected chi connectivity index (χ3v) is 8.32. The number of carboxylic acid groups (broad SMARTS) is 1. The first-order chi connectivity index (χ1) is 18.2. The van der Waals surface area contributed by atoms with Crippen LogP contribution in [0.5, 0.6) is 5.75 Å². The maximum atomic E-state index is 13.8. The number of aliphatic carboxylic acids is 1. The molecule has 0 radical (unpaired) electrons. The molecule has 0 saturated carbocycles. The Bertz CT molecular complexity index is 1140. The summed E-state index contributed by atoms with van der Waals surface area (Å²) in [4.78, 5) is 38.8. The lowest BCUT2D eigenvalue weighted by molar-refractivity contribution is -0.141. The number of carbonyl (C=O) groups excluding carboxylic acids is 2. The van der Waals surface area contributed by atoms with Crippen molar-refractivity contribution in [3.05, 3.63) is 46.3 Å². The zero-order valence-electron chi connectivity index (χ0n) is 22.2. The average Bonchev–Trinajstić information content (AvgIpc) is 3.42. The zero-order chi connectivity index (χ0) is 27.4. The molecule has 206 valence electrons. The number of hydrogen-bond acceptors (Lipinski definition) is 5. The van der Waals surface area contributed by atoms with Crippen LogP contribution in [-0.4, -0.2) is 52.2 Å². The van der Waals surface area contributed by atoms with Crippen molar-refractivity contribution in [1.82, 2.24) is 4.90 Å². The maximum Gasteiger partial charge on any atom is 0.303 e. The molecule has 38 heavy (non-hydrogen) atoms. The molecule has 0 unspecified atom stereocenters. The average molecular weight is 528 g/mol. The van der Waals surface area contributed by atoms with Crippen LogP contribution in [-0.2, 0) is 19.1 Å².